The third-order valence-electron chi connectivity index (χ3n) is 9.11. The second-order valence-electron chi connectivity index (χ2n) is 9.94. The van der Waals surface area contributed by atoms with Gasteiger partial charge in [0.15, 0.2) is 5.78 Å². The fourth-order valence-corrected chi connectivity index (χ4v) is 7.80. The molecule has 136 valence electrons. The highest BCUT2D eigenvalue weighted by Crippen LogP contribution is 2.71. The second kappa shape index (κ2) is 4.98. The Hall–Kier alpha value is -1.12. The summed E-state index contributed by atoms with van der Waals surface area (Å²) in [7, 11) is 0. The Morgan fingerprint density at radius 1 is 1.12 bits per heavy atom. The first-order chi connectivity index (χ1) is 11.9. The normalized spacial score (nSPS) is 53.1. The predicted molar refractivity (Wildman–Crippen MR) is 94.6 cm³/mol. The van der Waals surface area contributed by atoms with Crippen molar-refractivity contribution in [2.45, 2.75) is 71.8 Å². The summed E-state index contributed by atoms with van der Waals surface area (Å²) in [6.07, 6.45) is 10.3. The van der Waals surface area contributed by atoms with Crippen LogP contribution in [0.15, 0.2) is 11.6 Å². The molecule has 3 heteroatoms. The van der Waals surface area contributed by atoms with Crippen molar-refractivity contribution in [1.82, 2.24) is 0 Å². The van der Waals surface area contributed by atoms with E-state index in [4.69, 9.17) is 4.74 Å². The molecule has 5 rings (SSSR count). The van der Waals surface area contributed by atoms with Gasteiger partial charge < -0.3 is 4.74 Å². The Morgan fingerprint density at radius 3 is 2.68 bits per heavy atom. The summed E-state index contributed by atoms with van der Waals surface area (Å²) in [6, 6.07) is 0. The molecular formula is C22H30O3. The molecule has 0 aromatic heterocycles. The Labute approximate surface area is 150 Å². The maximum absolute atomic E-state index is 12.2. The summed E-state index contributed by atoms with van der Waals surface area (Å²) in [6.45, 7) is 6.41. The van der Waals surface area contributed by atoms with E-state index in [2.05, 4.69) is 13.8 Å². The van der Waals surface area contributed by atoms with E-state index in [0.717, 1.165) is 31.1 Å². The van der Waals surface area contributed by atoms with Crippen molar-refractivity contribution in [2.24, 2.45) is 40.4 Å². The molecule has 0 radical (unpaired) electrons. The van der Waals surface area contributed by atoms with Crippen LogP contribution in [0.1, 0.15) is 65.7 Å². The van der Waals surface area contributed by atoms with Crippen molar-refractivity contribution in [3.63, 3.8) is 0 Å². The molecule has 3 nitrogen and oxygen atoms in total. The number of carbonyl (C=O) groups is 2. The van der Waals surface area contributed by atoms with Gasteiger partial charge in [0.2, 0.25) is 0 Å². The van der Waals surface area contributed by atoms with Crippen LogP contribution < -0.4 is 0 Å². The zero-order valence-corrected chi connectivity index (χ0v) is 15.7. The molecule has 5 aliphatic rings. The number of carbonyl (C=O) groups excluding carboxylic acids is 2. The number of ether oxygens (including phenoxy) is 1. The Morgan fingerprint density at radius 2 is 1.92 bits per heavy atom. The molecule has 0 saturated heterocycles. The van der Waals surface area contributed by atoms with Crippen molar-refractivity contribution < 1.29 is 14.3 Å². The molecule has 0 aromatic rings. The maximum atomic E-state index is 12.2. The van der Waals surface area contributed by atoms with Crippen LogP contribution in [-0.4, -0.2) is 17.9 Å². The van der Waals surface area contributed by atoms with Gasteiger partial charge in [0.05, 0.1) is 0 Å². The third kappa shape index (κ3) is 1.99. The largest absolute Gasteiger partial charge is 0.462 e. The number of allylic oxidation sites excluding steroid dienone is 1. The van der Waals surface area contributed by atoms with E-state index in [0.29, 0.717) is 23.5 Å². The third-order valence-corrected chi connectivity index (χ3v) is 9.11. The summed E-state index contributed by atoms with van der Waals surface area (Å²) < 4.78 is 5.74. The van der Waals surface area contributed by atoms with Gasteiger partial charge in [-0.2, -0.15) is 0 Å². The van der Waals surface area contributed by atoms with Crippen LogP contribution in [-0.2, 0) is 14.3 Å². The van der Waals surface area contributed by atoms with Crippen molar-refractivity contribution in [1.29, 1.82) is 0 Å². The zero-order chi connectivity index (χ0) is 17.6. The van der Waals surface area contributed by atoms with Crippen molar-refractivity contribution in [3.05, 3.63) is 11.6 Å². The lowest BCUT2D eigenvalue weighted by atomic mass is 9.47. The van der Waals surface area contributed by atoms with Crippen LogP contribution in [0.3, 0.4) is 0 Å². The number of hydrogen-bond acceptors (Lipinski definition) is 3. The SMILES string of the molecule is CC(=O)O[C@H]1CC[C@H]2[C@@H]3CCC4=CC(=O)[C@@H]5C[C@@H]5[C@]4(C)[C@H]3CC[C@]12C. The molecule has 0 N–H and O–H groups in total. The van der Waals surface area contributed by atoms with Gasteiger partial charge in [-0.25, -0.2) is 0 Å². The highest BCUT2D eigenvalue weighted by Gasteiger charge is 2.66. The van der Waals surface area contributed by atoms with Gasteiger partial charge in [-0.3, -0.25) is 9.59 Å². The molecule has 0 aromatic carbocycles. The van der Waals surface area contributed by atoms with E-state index in [9.17, 15) is 9.59 Å². The van der Waals surface area contributed by atoms with Gasteiger partial charge in [-0.05, 0) is 80.1 Å². The van der Waals surface area contributed by atoms with Crippen LogP contribution >= 0.6 is 0 Å². The minimum absolute atomic E-state index is 0.113. The van der Waals surface area contributed by atoms with Crippen LogP contribution in [0, 0.1) is 40.4 Å². The first-order valence-electron chi connectivity index (χ1n) is 10.3. The van der Waals surface area contributed by atoms with E-state index in [-0.39, 0.29) is 22.9 Å². The lowest BCUT2D eigenvalue weighted by Gasteiger charge is -2.58. The van der Waals surface area contributed by atoms with Gasteiger partial charge in [0, 0.05) is 18.3 Å². The Kier molecular flexibility index (Phi) is 3.21. The highest BCUT2D eigenvalue weighted by atomic mass is 16.5. The summed E-state index contributed by atoms with van der Waals surface area (Å²) >= 11 is 0. The summed E-state index contributed by atoms with van der Waals surface area (Å²) in [5, 5.41) is 0. The summed E-state index contributed by atoms with van der Waals surface area (Å²) in [4.78, 5) is 23.8. The molecule has 0 spiro atoms. The maximum Gasteiger partial charge on any atom is 0.302 e. The molecule has 0 unspecified atom stereocenters. The quantitative estimate of drug-likeness (QED) is 0.667. The van der Waals surface area contributed by atoms with Crippen LogP contribution in [0.4, 0.5) is 0 Å². The minimum atomic E-state index is -0.124. The fourth-order valence-electron chi connectivity index (χ4n) is 7.80. The topological polar surface area (TPSA) is 43.4 Å². The van der Waals surface area contributed by atoms with E-state index in [1.165, 1.54) is 31.3 Å². The molecular weight excluding hydrogens is 312 g/mol. The van der Waals surface area contributed by atoms with E-state index >= 15 is 0 Å². The van der Waals surface area contributed by atoms with Crippen LogP contribution in [0.5, 0.6) is 0 Å². The second-order valence-corrected chi connectivity index (χ2v) is 9.94. The fraction of sp³-hybridized carbons (Fsp3) is 0.818. The van der Waals surface area contributed by atoms with E-state index in [1.807, 2.05) is 6.08 Å². The lowest BCUT2D eigenvalue weighted by Crippen LogP contribution is -2.52. The van der Waals surface area contributed by atoms with Gasteiger partial charge >= 0.3 is 5.97 Å². The van der Waals surface area contributed by atoms with E-state index < -0.39 is 0 Å². The van der Waals surface area contributed by atoms with Crippen molar-refractivity contribution in [2.75, 3.05) is 0 Å². The van der Waals surface area contributed by atoms with Gasteiger partial charge in [0.1, 0.15) is 6.10 Å². The number of rotatable bonds is 1. The highest BCUT2D eigenvalue weighted by molar-refractivity contribution is 5.96. The van der Waals surface area contributed by atoms with E-state index in [1.54, 1.807) is 6.92 Å². The molecule has 4 saturated carbocycles. The monoisotopic (exact) mass is 342 g/mol. The molecule has 8 atom stereocenters. The molecule has 0 bridgehead atoms. The average Bonchev–Trinajstić information content (AvgIpc) is 3.30. The summed E-state index contributed by atoms with van der Waals surface area (Å²) in [5.74, 6) is 3.39. The molecule has 0 aliphatic heterocycles. The molecule has 0 amide bonds. The molecule has 5 aliphatic carbocycles. The van der Waals surface area contributed by atoms with Gasteiger partial charge in [-0.15, -0.1) is 0 Å². The first kappa shape index (κ1) is 16.1. The smallest absolute Gasteiger partial charge is 0.302 e. The van der Waals surface area contributed by atoms with Crippen molar-refractivity contribution >= 4 is 11.8 Å². The van der Waals surface area contributed by atoms with Crippen molar-refractivity contribution in [3.8, 4) is 0 Å². The predicted octanol–water partition coefficient (Wildman–Crippen LogP) is 4.31. The number of esters is 1. The molecule has 0 heterocycles. The van der Waals surface area contributed by atoms with Crippen LogP contribution in [0.25, 0.3) is 0 Å². The number of fused-ring (bicyclic) bond motifs is 7. The Bertz CT molecular complexity index is 679. The first-order valence-corrected chi connectivity index (χ1v) is 10.3. The minimum Gasteiger partial charge on any atom is -0.462 e. The number of hydrogen-bond donors (Lipinski definition) is 0. The van der Waals surface area contributed by atoms with Gasteiger partial charge in [0.25, 0.3) is 0 Å². The standard InChI is InChI=1S/C22H30O3/c1-12(23)25-20-7-6-16-14-5-4-13-10-19(24)15-11-18(15)22(13,3)17(14)8-9-21(16,20)2/h10,14-18,20H,4-9,11H2,1-3H3/t14-,15+,16-,17-,18-,20-,21-,22-/m0/s1. The van der Waals surface area contributed by atoms with Crippen LogP contribution in [0.2, 0.25) is 0 Å². The molecule has 4 fully saturated rings. The Balaban J connectivity index is 1.47. The van der Waals surface area contributed by atoms with Gasteiger partial charge in [-0.1, -0.05) is 19.4 Å². The average molecular weight is 342 g/mol. The lowest BCUT2D eigenvalue weighted by molar-refractivity contribution is -0.157. The zero-order valence-electron chi connectivity index (χ0n) is 15.7. The summed E-state index contributed by atoms with van der Waals surface area (Å²) in [5.41, 5.74) is 1.90. The number of ketones is 1. The molecule has 25 heavy (non-hydrogen) atoms.